The summed E-state index contributed by atoms with van der Waals surface area (Å²) in [6, 6.07) is 9.72. The van der Waals surface area contributed by atoms with Crippen LogP contribution in [0.2, 0.25) is 0 Å². The van der Waals surface area contributed by atoms with Crippen molar-refractivity contribution in [1.82, 2.24) is 9.97 Å². The third kappa shape index (κ3) is 2.32. The zero-order chi connectivity index (χ0) is 10.5. The summed E-state index contributed by atoms with van der Waals surface area (Å²) in [5.41, 5.74) is 1.62. The quantitative estimate of drug-likeness (QED) is 0.746. The molecule has 0 fully saturated rings. The number of terminal acetylenes is 1. The SMILES string of the molecule is C#Cc1cnc(Nc2ccccc2)nc1. The number of para-hydroxylation sites is 1. The fourth-order valence-electron chi connectivity index (χ4n) is 1.12. The minimum atomic E-state index is 0.542. The lowest BCUT2D eigenvalue weighted by Crippen LogP contribution is -1.96. The van der Waals surface area contributed by atoms with Gasteiger partial charge in [0.2, 0.25) is 5.95 Å². The third-order valence-corrected chi connectivity index (χ3v) is 1.85. The number of rotatable bonds is 2. The number of nitrogens with one attached hydrogen (secondary N) is 1. The van der Waals surface area contributed by atoms with Gasteiger partial charge in [-0.1, -0.05) is 24.1 Å². The average molecular weight is 195 g/mol. The Balaban J connectivity index is 2.16. The number of nitrogens with zero attached hydrogens (tertiary/aromatic N) is 2. The molecule has 1 aromatic carbocycles. The summed E-state index contributed by atoms with van der Waals surface area (Å²) in [7, 11) is 0. The topological polar surface area (TPSA) is 37.8 Å². The van der Waals surface area contributed by atoms with Crippen LogP contribution in [0.3, 0.4) is 0 Å². The Morgan fingerprint density at radius 1 is 1.07 bits per heavy atom. The van der Waals surface area contributed by atoms with Crippen molar-refractivity contribution in [1.29, 1.82) is 0 Å². The minimum absolute atomic E-state index is 0.542. The first kappa shape index (κ1) is 9.22. The van der Waals surface area contributed by atoms with Crippen LogP contribution in [0.1, 0.15) is 5.56 Å². The lowest BCUT2D eigenvalue weighted by molar-refractivity contribution is 1.16. The van der Waals surface area contributed by atoms with E-state index in [4.69, 9.17) is 6.42 Å². The van der Waals surface area contributed by atoms with Crippen LogP contribution < -0.4 is 5.32 Å². The number of benzene rings is 1. The van der Waals surface area contributed by atoms with E-state index < -0.39 is 0 Å². The highest BCUT2D eigenvalue weighted by Crippen LogP contribution is 2.10. The fraction of sp³-hybridized carbons (Fsp3) is 0. The molecule has 0 atom stereocenters. The number of hydrogen-bond donors (Lipinski definition) is 1. The zero-order valence-corrected chi connectivity index (χ0v) is 8.01. The van der Waals surface area contributed by atoms with Crippen molar-refractivity contribution in [3.05, 3.63) is 48.3 Å². The van der Waals surface area contributed by atoms with Crippen LogP contribution in [0.15, 0.2) is 42.7 Å². The second-order valence-electron chi connectivity index (χ2n) is 2.93. The predicted octanol–water partition coefficient (Wildman–Crippen LogP) is 2.20. The Bertz CT molecular complexity index is 468. The number of hydrogen-bond acceptors (Lipinski definition) is 3. The first-order valence-electron chi connectivity index (χ1n) is 4.49. The van der Waals surface area contributed by atoms with Gasteiger partial charge >= 0.3 is 0 Å². The molecule has 0 aliphatic carbocycles. The van der Waals surface area contributed by atoms with E-state index in [9.17, 15) is 0 Å². The third-order valence-electron chi connectivity index (χ3n) is 1.85. The molecule has 0 aliphatic rings. The van der Waals surface area contributed by atoms with Gasteiger partial charge in [0.1, 0.15) is 0 Å². The zero-order valence-electron chi connectivity index (χ0n) is 8.01. The molecule has 1 heterocycles. The first-order chi connectivity index (χ1) is 7.38. The highest BCUT2D eigenvalue weighted by molar-refractivity contribution is 5.52. The Labute approximate surface area is 88.2 Å². The van der Waals surface area contributed by atoms with Crippen molar-refractivity contribution in [2.45, 2.75) is 0 Å². The molecule has 15 heavy (non-hydrogen) atoms. The van der Waals surface area contributed by atoms with Crippen molar-refractivity contribution in [3.63, 3.8) is 0 Å². The summed E-state index contributed by atoms with van der Waals surface area (Å²) in [6.07, 6.45) is 8.42. The maximum atomic E-state index is 5.20. The van der Waals surface area contributed by atoms with Gasteiger partial charge in [-0.3, -0.25) is 0 Å². The Kier molecular flexibility index (Phi) is 2.61. The standard InChI is InChI=1S/C12H9N3/c1-2-10-8-13-12(14-9-10)15-11-6-4-3-5-7-11/h1,3-9H,(H,13,14,15). The van der Waals surface area contributed by atoms with Crippen LogP contribution in [-0.2, 0) is 0 Å². The van der Waals surface area contributed by atoms with Crippen molar-refractivity contribution in [3.8, 4) is 12.3 Å². The van der Waals surface area contributed by atoms with Gasteiger partial charge in [-0.2, -0.15) is 0 Å². The average Bonchev–Trinajstić information content (AvgIpc) is 2.31. The van der Waals surface area contributed by atoms with Gasteiger partial charge in [0.15, 0.2) is 0 Å². The molecule has 1 N–H and O–H groups in total. The van der Waals surface area contributed by atoms with Crippen molar-refractivity contribution in [2.75, 3.05) is 5.32 Å². The van der Waals surface area contributed by atoms with Crippen molar-refractivity contribution in [2.24, 2.45) is 0 Å². The van der Waals surface area contributed by atoms with E-state index >= 15 is 0 Å². The van der Waals surface area contributed by atoms with E-state index in [1.807, 2.05) is 30.3 Å². The lowest BCUT2D eigenvalue weighted by Gasteiger charge is -2.03. The van der Waals surface area contributed by atoms with Gasteiger partial charge in [-0.15, -0.1) is 6.42 Å². The van der Waals surface area contributed by atoms with E-state index in [1.54, 1.807) is 12.4 Å². The molecule has 2 aromatic rings. The van der Waals surface area contributed by atoms with Gasteiger partial charge < -0.3 is 5.32 Å². The van der Waals surface area contributed by atoms with E-state index in [-0.39, 0.29) is 0 Å². The second-order valence-corrected chi connectivity index (χ2v) is 2.93. The van der Waals surface area contributed by atoms with E-state index in [1.165, 1.54) is 0 Å². The largest absolute Gasteiger partial charge is 0.324 e. The summed E-state index contributed by atoms with van der Waals surface area (Å²) in [5, 5.41) is 3.06. The number of aromatic nitrogens is 2. The van der Waals surface area contributed by atoms with Crippen LogP contribution in [-0.4, -0.2) is 9.97 Å². The summed E-state index contributed by atoms with van der Waals surface area (Å²) < 4.78 is 0. The second kappa shape index (κ2) is 4.25. The van der Waals surface area contributed by atoms with Gasteiger partial charge in [-0.25, -0.2) is 9.97 Å². The first-order valence-corrected chi connectivity index (χ1v) is 4.49. The molecule has 0 spiro atoms. The van der Waals surface area contributed by atoms with Crippen molar-refractivity contribution >= 4 is 11.6 Å². The molecule has 0 amide bonds. The molecule has 2 rings (SSSR count). The molecule has 0 saturated carbocycles. The Morgan fingerprint density at radius 3 is 2.33 bits per heavy atom. The van der Waals surface area contributed by atoms with E-state index in [0.717, 1.165) is 5.69 Å². The molecule has 0 radical (unpaired) electrons. The minimum Gasteiger partial charge on any atom is -0.324 e. The normalized spacial score (nSPS) is 9.27. The number of anilines is 2. The maximum Gasteiger partial charge on any atom is 0.227 e. The van der Waals surface area contributed by atoms with Crippen LogP contribution >= 0.6 is 0 Å². The summed E-state index contributed by atoms with van der Waals surface area (Å²) in [4.78, 5) is 8.16. The molecule has 0 unspecified atom stereocenters. The molecular formula is C12H9N3. The van der Waals surface area contributed by atoms with Crippen LogP contribution in [0, 0.1) is 12.3 Å². The van der Waals surface area contributed by atoms with Gasteiger partial charge in [0.25, 0.3) is 0 Å². The molecule has 0 aliphatic heterocycles. The van der Waals surface area contributed by atoms with Crippen LogP contribution in [0.25, 0.3) is 0 Å². The molecule has 72 valence electrons. The van der Waals surface area contributed by atoms with Crippen molar-refractivity contribution < 1.29 is 0 Å². The molecular weight excluding hydrogens is 186 g/mol. The van der Waals surface area contributed by atoms with Gasteiger partial charge in [0.05, 0.1) is 5.56 Å². The summed E-state index contributed by atoms with van der Waals surface area (Å²) >= 11 is 0. The highest BCUT2D eigenvalue weighted by Gasteiger charge is 1.95. The predicted molar refractivity (Wildman–Crippen MR) is 59.7 cm³/mol. The molecule has 1 aromatic heterocycles. The summed E-state index contributed by atoms with van der Waals surface area (Å²) in [5.74, 6) is 3.01. The molecule has 0 bridgehead atoms. The molecule has 3 heteroatoms. The highest BCUT2D eigenvalue weighted by atomic mass is 15.1. The monoisotopic (exact) mass is 195 g/mol. The Hall–Kier alpha value is -2.34. The van der Waals surface area contributed by atoms with Crippen LogP contribution in [0.4, 0.5) is 11.6 Å². The van der Waals surface area contributed by atoms with E-state index in [2.05, 4.69) is 21.2 Å². The van der Waals surface area contributed by atoms with Crippen LogP contribution in [0.5, 0.6) is 0 Å². The molecule has 3 nitrogen and oxygen atoms in total. The smallest absolute Gasteiger partial charge is 0.227 e. The maximum absolute atomic E-state index is 5.20. The summed E-state index contributed by atoms with van der Waals surface area (Å²) in [6.45, 7) is 0. The van der Waals surface area contributed by atoms with Gasteiger partial charge in [0, 0.05) is 18.1 Å². The lowest BCUT2D eigenvalue weighted by atomic mass is 10.3. The van der Waals surface area contributed by atoms with E-state index in [0.29, 0.717) is 11.5 Å². The Morgan fingerprint density at radius 2 is 1.73 bits per heavy atom. The fourth-order valence-corrected chi connectivity index (χ4v) is 1.12. The molecule has 0 saturated heterocycles. The van der Waals surface area contributed by atoms with Gasteiger partial charge in [-0.05, 0) is 12.1 Å².